The van der Waals surface area contributed by atoms with E-state index in [1.807, 2.05) is 41.8 Å². The van der Waals surface area contributed by atoms with Crippen molar-refractivity contribution in [3.63, 3.8) is 0 Å². The maximum absolute atomic E-state index is 11.3. The van der Waals surface area contributed by atoms with Crippen LogP contribution in [0.15, 0.2) is 42.7 Å². The fourth-order valence-electron chi connectivity index (χ4n) is 2.53. The minimum absolute atomic E-state index is 0.771. The van der Waals surface area contributed by atoms with Crippen LogP contribution in [-0.2, 0) is 10.2 Å². The number of carboxylic acids is 1. The minimum Gasteiger partial charge on any atom is -0.481 e. The Morgan fingerprint density at radius 1 is 1.18 bits per heavy atom. The van der Waals surface area contributed by atoms with Crippen LogP contribution in [0.5, 0.6) is 0 Å². The lowest BCUT2D eigenvalue weighted by Crippen LogP contribution is -2.28. The summed E-state index contributed by atoms with van der Waals surface area (Å²) in [5.41, 5.74) is 2.64. The predicted octanol–water partition coefficient (Wildman–Crippen LogP) is 3.09. The van der Waals surface area contributed by atoms with Crippen molar-refractivity contribution in [3.8, 4) is 5.69 Å². The zero-order valence-corrected chi connectivity index (χ0v) is 12.7. The average molecular weight is 295 g/mol. The van der Waals surface area contributed by atoms with Crippen LogP contribution in [0.3, 0.4) is 0 Å². The Balaban J connectivity index is 2.10. The summed E-state index contributed by atoms with van der Waals surface area (Å²) in [6, 6.07) is 9.49. The molecule has 112 valence electrons. The van der Waals surface area contributed by atoms with Gasteiger partial charge in [0.1, 0.15) is 11.3 Å². The molecule has 0 amide bonds. The molecule has 3 aromatic rings. The minimum atomic E-state index is -0.908. The molecule has 0 saturated heterocycles. The number of imidazole rings is 1. The van der Waals surface area contributed by atoms with Gasteiger partial charge in [-0.25, -0.2) is 4.98 Å². The van der Waals surface area contributed by atoms with Crippen LogP contribution in [0.1, 0.15) is 25.2 Å². The molecule has 2 heterocycles. The summed E-state index contributed by atoms with van der Waals surface area (Å²) in [7, 11) is 0. The van der Waals surface area contributed by atoms with Crippen LogP contribution >= 0.6 is 0 Å². The van der Waals surface area contributed by atoms with Gasteiger partial charge in [-0.2, -0.15) is 0 Å². The van der Waals surface area contributed by atoms with Crippen LogP contribution in [0, 0.1) is 6.92 Å². The van der Waals surface area contributed by atoms with Crippen molar-refractivity contribution in [1.82, 2.24) is 14.5 Å². The normalized spacial score (nSPS) is 11.8. The molecule has 2 aromatic heterocycles. The molecule has 1 N–H and O–H groups in total. The number of aryl methyl sites for hydroxylation is 1. The summed E-state index contributed by atoms with van der Waals surface area (Å²) in [5, 5.41) is 9.31. The van der Waals surface area contributed by atoms with E-state index in [9.17, 15) is 9.90 Å². The number of benzene rings is 1. The molecule has 0 fully saturated rings. The van der Waals surface area contributed by atoms with Crippen molar-refractivity contribution >= 4 is 17.0 Å². The Morgan fingerprint density at radius 2 is 1.86 bits per heavy atom. The number of pyridine rings is 1. The maximum atomic E-state index is 11.3. The van der Waals surface area contributed by atoms with E-state index in [1.165, 1.54) is 0 Å². The lowest BCUT2D eigenvalue weighted by Gasteiger charge is -2.20. The van der Waals surface area contributed by atoms with Gasteiger partial charge in [-0.1, -0.05) is 12.1 Å². The lowest BCUT2D eigenvalue weighted by atomic mass is 9.85. The molecule has 5 nitrogen and oxygen atoms in total. The number of aliphatic carboxylic acids is 1. The second kappa shape index (κ2) is 4.94. The molecule has 5 heteroatoms. The zero-order chi connectivity index (χ0) is 15.9. The van der Waals surface area contributed by atoms with E-state index < -0.39 is 11.4 Å². The molecule has 22 heavy (non-hydrogen) atoms. The Morgan fingerprint density at radius 3 is 2.50 bits per heavy atom. The molecule has 0 spiro atoms. The first-order valence-corrected chi connectivity index (χ1v) is 7.04. The topological polar surface area (TPSA) is 68.0 Å². The van der Waals surface area contributed by atoms with Crippen LogP contribution in [0.2, 0.25) is 0 Å². The molecular weight excluding hydrogens is 278 g/mol. The Hall–Kier alpha value is -2.69. The van der Waals surface area contributed by atoms with Crippen LogP contribution in [-0.4, -0.2) is 25.6 Å². The molecule has 0 atom stereocenters. The Labute approximate surface area is 128 Å². The molecular formula is C17H17N3O2. The van der Waals surface area contributed by atoms with Gasteiger partial charge in [0.2, 0.25) is 0 Å². The third kappa shape index (κ3) is 2.15. The number of nitrogens with zero attached hydrogens (tertiary/aromatic N) is 3. The fraction of sp³-hybridized carbons (Fsp3) is 0.235. The highest BCUT2D eigenvalue weighted by atomic mass is 16.4. The maximum Gasteiger partial charge on any atom is 0.313 e. The van der Waals surface area contributed by atoms with Crippen molar-refractivity contribution in [2.24, 2.45) is 0 Å². The van der Waals surface area contributed by atoms with Gasteiger partial charge in [0, 0.05) is 11.9 Å². The van der Waals surface area contributed by atoms with Gasteiger partial charge in [0.05, 0.1) is 17.1 Å². The van der Waals surface area contributed by atoms with Gasteiger partial charge < -0.3 is 5.11 Å². The summed E-state index contributed by atoms with van der Waals surface area (Å²) in [6.07, 6.45) is 3.47. The third-order valence-electron chi connectivity index (χ3n) is 4.01. The molecule has 0 bridgehead atoms. The number of carboxylic acid groups (broad SMARTS) is 1. The van der Waals surface area contributed by atoms with E-state index in [4.69, 9.17) is 0 Å². The molecule has 0 aliphatic rings. The van der Waals surface area contributed by atoms with E-state index >= 15 is 0 Å². The quantitative estimate of drug-likeness (QED) is 0.806. The van der Waals surface area contributed by atoms with E-state index in [0.717, 1.165) is 28.1 Å². The molecule has 3 rings (SSSR count). The van der Waals surface area contributed by atoms with Gasteiger partial charge in [-0.3, -0.25) is 14.3 Å². The number of rotatable bonds is 3. The molecule has 0 aliphatic heterocycles. The summed E-state index contributed by atoms with van der Waals surface area (Å²) in [4.78, 5) is 19.9. The van der Waals surface area contributed by atoms with Gasteiger partial charge in [0.25, 0.3) is 0 Å². The van der Waals surface area contributed by atoms with Gasteiger partial charge in [-0.15, -0.1) is 0 Å². The molecule has 1 aromatic carbocycles. The second-order valence-electron chi connectivity index (χ2n) is 5.84. The molecule has 0 radical (unpaired) electrons. The fourth-order valence-corrected chi connectivity index (χ4v) is 2.53. The third-order valence-corrected chi connectivity index (χ3v) is 4.01. The van der Waals surface area contributed by atoms with Gasteiger partial charge >= 0.3 is 5.97 Å². The van der Waals surface area contributed by atoms with Crippen LogP contribution < -0.4 is 0 Å². The molecule has 0 aliphatic carbocycles. The highest BCUT2D eigenvalue weighted by Gasteiger charge is 2.29. The smallest absolute Gasteiger partial charge is 0.313 e. The standard InChI is InChI=1S/C17H17N3O2/c1-11-19-14-10-18-9-8-15(14)20(11)13-6-4-12(5-7-13)17(2,3)16(21)22/h4-10H,1-3H3,(H,21,22). The number of carbonyl (C=O) groups is 1. The largest absolute Gasteiger partial charge is 0.481 e. The second-order valence-corrected chi connectivity index (χ2v) is 5.84. The van der Waals surface area contributed by atoms with Crippen molar-refractivity contribution in [2.45, 2.75) is 26.2 Å². The average Bonchev–Trinajstić information content (AvgIpc) is 2.83. The van der Waals surface area contributed by atoms with Crippen molar-refractivity contribution < 1.29 is 9.90 Å². The first-order valence-electron chi connectivity index (χ1n) is 7.04. The summed E-state index contributed by atoms with van der Waals surface area (Å²) in [5.74, 6) is 0.0313. The summed E-state index contributed by atoms with van der Waals surface area (Å²) >= 11 is 0. The zero-order valence-electron chi connectivity index (χ0n) is 12.7. The van der Waals surface area contributed by atoms with E-state index in [1.54, 1.807) is 26.2 Å². The monoisotopic (exact) mass is 295 g/mol. The number of fused-ring (bicyclic) bond motifs is 1. The van der Waals surface area contributed by atoms with Crippen molar-refractivity contribution in [3.05, 3.63) is 54.1 Å². The highest BCUT2D eigenvalue weighted by molar-refractivity contribution is 5.80. The molecule has 0 unspecified atom stereocenters. The van der Waals surface area contributed by atoms with Crippen LogP contribution in [0.25, 0.3) is 16.7 Å². The van der Waals surface area contributed by atoms with Crippen LogP contribution in [0.4, 0.5) is 0 Å². The lowest BCUT2D eigenvalue weighted by molar-refractivity contribution is -0.142. The van der Waals surface area contributed by atoms with Crippen molar-refractivity contribution in [2.75, 3.05) is 0 Å². The first kappa shape index (κ1) is 14.3. The molecule has 0 saturated carbocycles. The van der Waals surface area contributed by atoms with E-state index in [0.29, 0.717) is 0 Å². The van der Waals surface area contributed by atoms with Gasteiger partial charge in [-0.05, 0) is 44.5 Å². The summed E-state index contributed by atoms with van der Waals surface area (Å²) < 4.78 is 2.04. The first-order chi connectivity index (χ1) is 10.4. The number of hydrogen-bond donors (Lipinski definition) is 1. The van der Waals surface area contributed by atoms with E-state index in [2.05, 4.69) is 9.97 Å². The predicted molar refractivity (Wildman–Crippen MR) is 84.3 cm³/mol. The number of aromatic nitrogens is 3. The Bertz CT molecular complexity index is 848. The Kier molecular flexibility index (Phi) is 3.20. The van der Waals surface area contributed by atoms with E-state index in [-0.39, 0.29) is 0 Å². The summed E-state index contributed by atoms with van der Waals surface area (Å²) in [6.45, 7) is 5.34. The highest BCUT2D eigenvalue weighted by Crippen LogP contribution is 2.26. The van der Waals surface area contributed by atoms with Crippen molar-refractivity contribution in [1.29, 1.82) is 0 Å². The van der Waals surface area contributed by atoms with Gasteiger partial charge in [0.15, 0.2) is 0 Å². The number of hydrogen-bond acceptors (Lipinski definition) is 3. The SMILES string of the molecule is Cc1nc2cnccc2n1-c1ccc(C(C)(C)C(=O)O)cc1.